The summed E-state index contributed by atoms with van der Waals surface area (Å²) in [6.45, 7) is 7.28. The van der Waals surface area contributed by atoms with Crippen LogP contribution in [-0.4, -0.2) is 11.1 Å². The fourth-order valence-electron chi connectivity index (χ4n) is 2.72. The van der Waals surface area contributed by atoms with Crippen LogP contribution in [-0.2, 0) is 13.5 Å². The molecular formula is C14H20N2. The zero-order valence-corrected chi connectivity index (χ0v) is 10.6. The first-order valence-electron chi connectivity index (χ1n) is 5.82. The lowest BCUT2D eigenvalue weighted by molar-refractivity contribution is 0.818. The van der Waals surface area contributed by atoms with Gasteiger partial charge in [0.15, 0.2) is 0 Å². The minimum atomic E-state index is 0.711. The second kappa shape index (κ2) is 3.95. The molecule has 2 N–H and O–H groups in total. The summed E-state index contributed by atoms with van der Waals surface area (Å²) in [6.07, 6.45) is 0.954. The van der Waals surface area contributed by atoms with Crippen LogP contribution >= 0.6 is 0 Å². The molecule has 2 nitrogen and oxygen atoms in total. The van der Waals surface area contributed by atoms with Gasteiger partial charge in [-0.3, -0.25) is 0 Å². The molecule has 0 bridgehead atoms. The fraction of sp³-hybridized carbons (Fsp3) is 0.429. The molecule has 0 atom stereocenters. The van der Waals surface area contributed by atoms with Gasteiger partial charge < -0.3 is 10.3 Å². The zero-order chi connectivity index (χ0) is 11.9. The maximum absolute atomic E-state index is 5.68. The van der Waals surface area contributed by atoms with Crippen molar-refractivity contribution in [1.82, 2.24) is 4.57 Å². The van der Waals surface area contributed by atoms with Crippen LogP contribution in [0, 0.1) is 20.8 Å². The molecule has 0 saturated carbocycles. The maximum atomic E-state index is 5.68. The first kappa shape index (κ1) is 11.2. The van der Waals surface area contributed by atoms with Gasteiger partial charge in [-0.2, -0.15) is 0 Å². The van der Waals surface area contributed by atoms with E-state index in [1.54, 1.807) is 0 Å². The standard InChI is InChI=1S/C14H20N2/c1-9-5-6-10(2)14-13(9)11(3)12(7-8-15)16(14)4/h5-6H,7-8,15H2,1-4H3. The molecule has 0 aliphatic carbocycles. The van der Waals surface area contributed by atoms with E-state index in [2.05, 4.69) is 44.5 Å². The molecule has 2 heteroatoms. The molecule has 0 saturated heterocycles. The van der Waals surface area contributed by atoms with Crippen molar-refractivity contribution in [2.45, 2.75) is 27.2 Å². The van der Waals surface area contributed by atoms with Crippen molar-refractivity contribution in [2.24, 2.45) is 12.8 Å². The highest BCUT2D eigenvalue weighted by Gasteiger charge is 2.14. The van der Waals surface area contributed by atoms with E-state index in [1.807, 2.05) is 0 Å². The Hall–Kier alpha value is -1.28. The minimum Gasteiger partial charge on any atom is -0.347 e. The number of aromatic nitrogens is 1. The van der Waals surface area contributed by atoms with E-state index in [4.69, 9.17) is 5.73 Å². The monoisotopic (exact) mass is 216 g/mol. The van der Waals surface area contributed by atoms with E-state index >= 15 is 0 Å². The summed E-state index contributed by atoms with van der Waals surface area (Å²) in [5.74, 6) is 0. The second-order valence-electron chi connectivity index (χ2n) is 4.59. The van der Waals surface area contributed by atoms with Crippen molar-refractivity contribution in [3.63, 3.8) is 0 Å². The highest BCUT2D eigenvalue weighted by atomic mass is 15.0. The van der Waals surface area contributed by atoms with Crippen molar-refractivity contribution in [3.05, 3.63) is 34.5 Å². The highest BCUT2D eigenvalue weighted by Crippen LogP contribution is 2.30. The van der Waals surface area contributed by atoms with Gasteiger partial charge in [0.1, 0.15) is 0 Å². The van der Waals surface area contributed by atoms with E-state index in [1.165, 1.54) is 33.3 Å². The molecular weight excluding hydrogens is 196 g/mol. The summed E-state index contributed by atoms with van der Waals surface area (Å²) < 4.78 is 2.31. The van der Waals surface area contributed by atoms with E-state index in [0.717, 1.165) is 6.42 Å². The Labute approximate surface area is 97.1 Å². The molecule has 0 amide bonds. The number of benzene rings is 1. The Morgan fingerprint density at radius 3 is 2.31 bits per heavy atom. The number of rotatable bonds is 2. The summed E-state index contributed by atoms with van der Waals surface area (Å²) in [4.78, 5) is 0. The van der Waals surface area contributed by atoms with Crippen LogP contribution in [0.5, 0.6) is 0 Å². The van der Waals surface area contributed by atoms with Gasteiger partial charge in [0, 0.05) is 24.5 Å². The highest BCUT2D eigenvalue weighted by molar-refractivity contribution is 5.90. The lowest BCUT2D eigenvalue weighted by Gasteiger charge is -2.05. The molecule has 1 aromatic heterocycles. The van der Waals surface area contributed by atoms with E-state index in [9.17, 15) is 0 Å². The van der Waals surface area contributed by atoms with Crippen LogP contribution in [0.15, 0.2) is 12.1 Å². The molecule has 0 fully saturated rings. The van der Waals surface area contributed by atoms with Crippen molar-refractivity contribution >= 4 is 10.9 Å². The molecule has 1 aromatic carbocycles. The quantitative estimate of drug-likeness (QED) is 0.822. The number of fused-ring (bicyclic) bond motifs is 1. The van der Waals surface area contributed by atoms with Gasteiger partial charge in [0.25, 0.3) is 0 Å². The lowest BCUT2D eigenvalue weighted by Crippen LogP contribution is -2.07. The maximum Gasteiger partial charge on any atom is 0.0515 e. The van der Waals surface area contributed by atoms with Crippen LogP contribution in [0.2, 0.25) is 0 Å². The topological polar surface area (TPSA) is 30.9 Å². The van der Waals surface area contributed by atoms with Crippen LogP contribution in [0.3, 0.4) is 0 Å². The summed E-state index contributed by atoms with van der Waals surface area (Å²) in [5.41, 5.74) is 12.5. The largest absolute Gasteiger partial charge is 0.347 e. The van der Waals surface area contributed by atoms with Crippen LogP contribution < -0.4 is 5.73 Å². The van der Waals surface area contributed by atoms with Gasteiger partial charge in [-0.15, -0.1) is 0 Å². The Bertz CT molecular complexity index is 490. The summed E-state index contributed by atoms with van der Waals surface area (Å²) in [6, 6.07) is 4.40. The Morgan fingerprint density at radius 1 is 1.12 bits per heavy atom. The average molecular weight is 216 g/mol. The number of nitrogens with two attached hydrogens (primary N) is 1. The van der Waals surface area contributed by atoms with E-state index in [-0.39, 0.29) is 0 Å². The van der Waals surface area contributed by atoms with Crippen molar-refractivity contribution < 1.29 is 0 Å². The van der Waals surface area contributed by atoms with Gasteiger partial charge in [0.2, 0.25) is 0 Å². The second-order valence-corrected chi connectivity index (χ2v) is 4.59. The van der Waals surface area contributed by atoms with Crippen LogP contribution in [0.25, 0.3) is 10.9 Å². The zero-order valence-electron chi connectivity index (χ0n) is 10.6. The molecule has 0 aliphatic rings. The SMILES string of the molecule is Cc1ccc(C)c2c1c(C)c(CCN)n2C. The summed E-state index contributed by atoms with van der Waals surface area (Å²) in [7, 11) is 2.15. The number of hydrogen-bond donors (Lipinski definition) is 1. The normalized spacial score (nSPS) is 11.3. The Balaban J connectivity index is 2.87. The molecule has 2 aromatic rings. The Morgan fingerprint density at radius 2 is 1.75 bits per heavy atom. The van der Waals surface area contributed by atoms with Gasteiger partial charge in [-0.1, -0.05) is 12.1 Å². The van der Waals surface area contributed by atoms with Crippen LogP contribution in [0.4, 0.5) is 0 Å². The molecule has 0 unspecified atom stereocenters. The fourth-order valence-corrected chi connectivity index (χ4v) is 2.72. The molecule has 16 heavy (non-hydrogen) atoms. The van der Waals surface area contributed by atoms with Gasteiger partial charge >= 0.3 is 0 Å². The van der Waals surface area contributed by atoms with Crippen molar-refractivity contribution in [3.8, 4) is 0 Å². The third kappa shape index (κ3) is 1.45. The van der Waals surface area contributed by atoms with Crippen molar-refractivity contribution in [1.29, 1.82) is 0 Å². The van der Waals surface area contributed by atoms with E-state index < -0.39 is 0 Å². The minimum absolute atomic E-state index is 0.711. The number of nitrogens with zero attached hydrogens (tertiary/aromatic N) is 1. The molecule has 1 heterocycles. The first-order valence-corrected chi connectivity index (χ1v) is 5.82. The molecule has 0 aliphatic heterocycles. The Kier molecular flexibility index (Phi) is 2.76. The molecule has 0 spiro atoms. The third-order valence-electron chi connectivity index (χ3n) is 3.52. The lowest BCUT2D eigenvalue weighted by atomic mass is 10.0. The third-order valence-corrected chi connectivity index (χ3v) is 3.52. The number of aryl methyl sites for hydroxylation is 4. The van der Waals surface area contributed by atoms with Gasteiger partial charge in [-0.05, 0) is 44.0 Å². The molecule has 86 valence electrons. The van der Waals surface area contributed by atoms with Crippen LogP contribution in [0.1, 0.15) is 22.4 Å². The summed E-state index contributed by atoms with van der Waals surface area (Å²) >= 11 is 0. The van der Waals surface area contributed by atoms with Gasteiger partial charge in [-0.25, -0.2) is 0 Å². The predicted octanol–water partition coefficient (Wildman–Crippen LogP) is 2.60. The summed E-state index contributed by atoms with van der Waals surface area (Å²) in [5, 5.41) is 1.41. The average Bonchev–Trinajstić information content (AvgIpc) is 2.50. The van der Waals surface area contributed by atoms with Gasteiger partial charge in [0.05, 0.1) is 5.52 Å². The van der Waals surface area contributed by atoms with E-state index in [0.29, 0.717) is 6.54 Å². The predicted molar refractivity (Wildman–Crippen MR) is 69.9 cm³/mol. The molecule has 0 radical (unpaired) electrons. The first-order chi connectivity index (χ1) is 7.57. The smallest absolute Gasteiger partial charge is 0.0515 e. The molecule has 2 rings (SSSR count). The number of hydrogen-bond acceptors (Lipinski definition) is 1. The van der Waals surface area contributed by atoms with Crippen molar-refractivity contribution in [2.75, 3.05) is 6.54 Å².